The number of carbonyl (C=O) groups excluding carboxylic acids is 3. The third-order valence-electron chi connectivity index (χ3n) is 9.13. The molecular formula is C31H40N2O6. The molecule has 3 aliphatic heterocycles. The molecule has 4 fully saturated rings. The van der Waals surface area contributed by atoms with Crippen LogP contribution in [0.5, 0.6) is 0 Å². The van der Waals surface area contributed by atoms with Crippen molar-refractivity contribution in [2.24, 2.45) is 11.8 Å². The van der Waals surface area contributed by atoms with Crippen molar-refractivity contribution in [2.45, 2.75) is 81.2 Å². The average molecular weight is 537 g/mol. The van der Waals surface area contributed by atoms with Crippen molar-refractivity contribution >= 4 is 17.8 Å². The fraction of sp³-hybridized carbons (Fsp3) is 0.581. The van der Waals surface area contributed by atoms with Crippen LogP contribution in [0.4, 0.5) is 0 Å². The molecule has 6 atom stereocenters. The molecule has 4 aliphatic rings. The van der Waals surface area contributed by atoms with Crippen LogP contribution in [0.25, 0.3) is 0 Å². The Balaban J connectivity index is 1.57. The second-order valence-electron chi connectivity index (χ2n) is 11.2. The van der Waals surface area contributed by atoms with Crippen LogP contribution in [0.15, 0.2) is 55.6 Å². The van der Waals surface area contributed by atoms with E-state index >= 15 is 0 Å². The molecule has 8 nitrogen and oxygen atoms in total. The van der Waals surface area contributed by atoms with E-state index < -0.39 is 41.6 Å². The van der Waals surface area contributed by atoms with E-state index in [4.69, 9.17) is 9.47 Å². The smallest absolute Gasteiger partial charge is 0.312 e. The monoisotopic (exact) mass is 536 g/mol. The molecule has 2 unspecified atom stereocenters. The molecule has 3 saturated heterocycles. The molecule has 1 N–H and O–H groups in total. The summed E-state index contributed by atoms with van der Waals surface area (Å²) in [4.78, 5) is 45.7. The lowest BCUT2D eigenvalue weighted by atomic mass is 9.70. The van der Waals surface area contributed by atoms with Gasteiger partial charge in [0.05, 0.1) is 37.2 Å². The van der Waals surface area contributed by atoms with Crippen molar-refractivity contribution in [1.29, 1.82) is 0 Å². The zero-order valence-electron chi connectivity index (χ0n) is 22.6. The van der Waals surface area contributed by atoms with Crippen molar-refractivity contribution in [3.63, 3.8) is 0 Å². The van der Waals surface area contributed by atoms with Gasteiger partial charge in [-0.15, -0.1) is 13.2 Å². The van der Waals surface area contributed by atoms with Gasteiger partial charge in [0.15, 0.2) is 0 Å². The summed E-state index contributed by atoms with van der Waals surface area (Å²) in [6.45, 7) is 7.78. The standard InChI is InChI=1S/C31H40N2O6/c1-3-5-19-38-30(37)25-24-16-17-31(39-24)26(25)28(35)33(23(20-34)21-12-8-6-9-13-21)27(31)29(36)32(18-4-2)22-14-10-7-11-15-22/h3-4,6,8-9,12-13,22-27,34H,1-2,5,7,10-11,14-20H2/t23-,24+,25-,26+,27?,31?/m1/s1. The number of likely N-dealkylation sites (tertiary alicyclic amines) is 1. The molecule has 2 amide bonds. The van der Waals surface area contributed by atoms with Crippen LogP contribution < -0.4 is 0 Å². The summed E-state index contributed by atoms with van der Waals surface area (Å²) in [5.41, 5.74) is -0.410. The minimum atomic E-state index is -1.14. The highest BCUT2D eigenvalue weighted by atomic mass is 16.6. The van der Waals surface area contributed by atoms with Crippen LogP contribution in [-0.4, -0.2) is 76.2 Å². The van der Waals surface area contributed by atoms with Gasteiger partial charge in [0.25, 0.3) is 0 Å². The number of hydrogen-bond acceptors (Lipinski definition) is 6. The number of aliphatic hydroxyl groups is 1. The van der Waals surface area contributed by atoms with Crippen molar-refractivity contribution in [1.82, 2.24) is 9.80 Å². The van der Waals surface area contributed by atoms with Crippen LogP contribution in [-0.2, 0) is 23.9 Å². The summed E-state index contributed by atoms with van der Waals surface area (Å²) in [7, 11) is 0. The first kappa shape index (κ1) is 27.6. The lowest BCUT2D eigenvalue weighted by Gasteiger charge is -2.42. The Kier molecular flexibility index (Phi) is 8.24. The zero-order chi connectivity index (χ0) is 27.6. The summed E-state index contributed by atoms with van der Waals surface area (Å²) in [6.07, 6.45) is 9.57. The second-order valence-corrected chi connectivity index (χ2v) is 11.2. The number of nitrogens with zero attached hydrogens (tertiary/aromatic N) is 2. The molecule has 0 radical (unpaired) electrons. The molecule has 1 aromatic carbocycles. The second kappa shape index (κ2) is 11.6. The maximum atomic E-state index is 14.7. The summed E-state index contributed by atoms with van der Waals surface area (Å²) in [5, 5.41) is 10.6. The lowest BCUT2D eigenvalue weighted by Crippen LogP contribution is -2.59. The van der Waals surface area contributed by atoms with E-state index in [0.717, 1.165) is 37.7 Å². The molecule has 1 aliphatic carbocycles. The Labute approximate surface area is 230 Å². The highest BCUT2D eigenvalue weighted by Crippen LogP contribution is 2.60. The van der Waals surface area contributed by atoms with Crippen LogP contribution in [0, 0.1) is 11.8 Å². The van der Waals surface area contributed by atoms with Crippen molar-refractivity contribution in [3.8, 4) is 0 Å². The average Bonchev–Trinajstić information content (AvgIpc) is 3.61. The van der Waals surface area contributed by atoms with Crippen LogP contribution in [0.1, 0.15) is 63.0 Å². The van der Waals surface area contributed by atoms with Gasteiger partial charge in [-0.1, -0.05) is 61.7 Å². The Hall–Kier alpha value is -2.97. The van der Waals surface area contributed by atoms with Gasteiger partial charge in [0, 0.05) is 12.6 Å². The number of benzene rings is 1. The topological polar surface area (TPSA) is 96.4 Å². The highest BCUT2D eigenvalue weighted by Gasteiger charge is 2.75. The van der Waals surface area contributed by atoms with Crippen LogP contribution in [0.3, 0.4) is 0 Å². The van der Waals surface area contributed by atoms with Gasteiger partial charge in [-0.3, -0.25) is 14.4 Å². The van der Waals surface area contributed by atoms with Crippen LogP contribution in [0.2, 0.25) is 0 Å². The Bertz CT molecular complexity index is 1090. The number of aliphatic hydroxyl groups excluding tert-OH is 1. The summed E-state index contributed by atoms with van der Waals surface area (Å²) >= 11 is 0. The summed E-state index contributed by atoms with van der Waals surface area (Å²) in [6, 6.07) is 7.63. The van der Waals surface area contributed by atoms with Gasteiger partial charge in [-0.25, -0.2) is 0 Å². The third-order valence-corrected chi connectivity index (χ3v) is 9.13. The first-order valence-electron chi connectivity index (χ1n) is 14.3. The fourth-order valence-corrected chi connectivity index (χ4v) is 7.45. The van der Waals surface area contributed by atoms with E-state index in [1.54, 1.807) is 12.2 Å². The van der Waals surface area contributed by atoms with E-state index in [1.165, 1.54) is 4.90 Å². The number of rotatable bonds is 11. The minimum absolute atomic E-state index is 0.0548. The van der Waals surface area contributed by atoms with Gasteiger partial charge < -0.3 is 24.4 Å². The molecule has 39 heavy (non-hydrogen) atoms. The maximum Gasteiger partial charge on any atom is 0.312 e. The zero-order valence-corrected chi connectivity index (χ0v) is 22.6. The largest absolute Gasteiger partial charge is 0.465 e. The third kappa shape index (κ3) is 4.72. The van der Waals surface area contributed by atoms with Crippen molar-refractivity contribution < 1.29 is 29.0 Å². The molecular weight excluding hydrogens is 496 g/mol. The Morgan fingerprint density at radius 2 is 1.90 bits per heavy atom. The maximum absolute atomic E-state index is 14.7. The van der Waals surface area contributed by atoms with Crippen LogP contribution >= 0.6 is 0 Å². The predicted octanol–water partition coefficient (Wildman–Crippen LogP) is 3.56. The van der Waals surface area contributed by atoms with E-state index in [0.29, 0.717) is 25.8 Å². The SMILES string of the molecule is C=CCCOC(=O)[C@@H]1[C@@H]2CCC3(O2)C(C(=O)N(CC=C)C2CCCCC2)N([C@H](CO)c2ccccc2)C(=O)[C@H]13. The van der Waals surface area contributed by atoms with Crippen molar-refractivity contribution in [2.75, 3.05) is 19.8 Å². The lowest BCUT2D eigenvalue weighted by molar-refractivity contribution is -0.157. The molecule has 0 aromatic heterocycles. The molecule has 1 saturated carbocycles. The van der Waals surface area contributed by atoms with Gasteiger partial charge in [0.1, 0.15) is 11.6 Å². The first-order valence-corrected chi connectivity index (χ1v) is 14.3. The predicted molar refractivity (Wildman–Crippen MR) is 145 cm³/mol. The highest BCUT2D eigenvalue weighted by molar-refractivity contribution is 5.98. The number of hydrogen-bond donors (Lipinski definition) is 1. The molecule has 2 bridgehead atoms. The Morgan fingerprint density at radius 3 is 2.56 bits per heavy atom. The molecule has 1 aromatic rings. The van der Waals surface area contributed by atoms with Gasteiger partial charge in [-0.2, -0.15) is 0 Å². The van der Waals surface area contributed by atoms with Crippen molar-refractivity contribution in [3.05, 3.63) is 61.2 Å². The number of fused-ring (bicyclic) bond motifs is 1. The van der Waals surface area contributed by atoms with Gasteiger partial charge in [-0.05, 0) is 37.7 Å². The summed E-state index contributed by atoms with van der Waals surface area (Å²) < 4.78 is 12.1. The minimum Gasteiger partial charge on any atom is -0.465 e. The normalized spacial score (nSPS) is 30.6. The van der Waals surface area contributed by atoms with Gasteiger partial charge >= 0.3 is 5.97 Å². The van der Waals surface area contributed by atoms with E-state index in [1.807, 2.05) is 35.2 Å². The molecule has 210 valence electrons. The summed E-state index contributed by atoms with van der Waals surface area (Å²) in [5.74, 6) is -2.60. The molecule has 1 spiro atoms. The molecule has 3 heterocycles. The molecule has 8 heteroatoms. The fourth-order valence-electron chi connectivity index (χ4n) is 7.45. The quantitative estimate of drug-likeness (QED) is 0.264. The number of esters is 1. The Morgan fingerprint density at radius 1 is 1.15 bits per heavy atom. The molecule has 5 rings (SSSR count). The van der Waals surface area contributed by atoms with E-state index in [9.17, 15) is 19.5 Å². The number of ether oxygens (including phenoxy) is 2. The number of carbonyl (C=O) groups is 3. The first-order chi connectivity index (χ1) is 19.0. The van der Waals surface area contributed by atoms with E-state index in [2.05, 4.69) is 13.2 Å². The van der Waals surface area contributed by atoms with E-state index in [-0.39, 0.29) is 31.1 Å². The van der Waals surface area contributed by atoms with Gasteiger partial charge in [0.2, 0.25) is 11.8 Å². The number of amides is 2.